The average molecular weight is 348 g/mol. The molecule has 0 saturated carbocycles. The molecule has 1 amide bonds. The van der Waals surface area contributed by atoms with Gasteiger partial charge in [0.15, 0.2) is 0 Å². The molecule has 0 aliphatic rings. The number of hydrogen-bond acceptors (Lipinski definition) is 2. The Balaban J connectivity index is 2.41. The van der Waals surface area contributed by atoms with Crippen molar-refractivity contribution in [3.63, 3.8) is 0 Å². The van der Waals surface area contributed by atoms with Crippen molar-refractivity contribution in [2.24, 2.45) is 0 Å². The van der Waals surface area contributed by atoms with Gasteiger partial charge in [-0.2, -0.15) is 0 Å². The molecule has 0 heterocycles. The molecule has 2 N–H and O–H groups in total. The second kappa shape index (κ2) is 6.10. The molecule has 5 heteroatoms. The number of amides is 1. The summed E-state index contributed by atoms with van der Waals surface area (Å²) in [5.41, 5.74) is 2.64. The number of benzene rings is 2. The topological polar surface area (TPSA) is 66.4 Å². The van der Waals surface area contributed by atoms with Crippen molar-refractivity contribution in [2.75, 3.05) is 5.32 Å². The summed E-state index contributed by atoms with van der Waals surface area (Å²) < 4.78 is 0.529. The minimum atomic E-state index is -1.09. The van der Waals surface area contributed by atoms with Crippen molar-refractivity contribution in [3.05, 3.63) is 63.1 Å². The molecule has 0 radical (unpaired) electrons. The van der Waals surface area contributed by atoms with Crippen LogP contribution in [0.15, 0.2) is 40.9 Å². The molecule has 0 spiro atoms. The van der Waals surface area contributed by atoms with Crippen molar-refractivity contribution >= 4 is 33.5 Å². The number of aromatic carboxylic acids is 1. The van der Waals surface area contributed by atoms with Crippen molar-refractivity contribution in [1.82, 2.24) is 0 Å². The molecule has 108 valence electrons. The Kier molecular flexibility index (Phi) is 4.43. The number of halogens is 1. The lowest BCUT2D eigenvalue weighted by molar-refractivity contribution is 0.0698. The normalized spacial score (nSPS) is 10.2. The van der Waals surface area contributed by atoms with Gasteiger partial charge in [-0.25, -0.2) is 4.79 Å². The number of carboxylic acid groups (broad SMARTS) is 1. The number of carbonyl (C=O) groups is 2. The fraction of sp³-hybridized carbons (Fsp3) is 0.125. The van der Waals surface area contributed by atoms with E-state index in [0.717, 1.165) is 11.1 Å². The first-order valence-corrected chi connectivity index (χ1v) is 7.10. The van der Waals surface area contributed by atoms with Crippen molar-refractivity contribution in [2.45, 2.75) is 13.8 Å². The summed E-state index contributed by atoms with van der Waals surface area (Å²) in [6, 6.07) is 10.3. The number of anilines is 1. The third-order valence-electron chi connectivity index (χ3n) is 3.12. The maximum atomic E-state index is 12.4. The molecule has 0 aliphatic carbocycles. The molecule has 0 unspecified atom stereocenters. The molecule has 0 fully saturated rings. The van der Waals surface area contributed by atoms with Crippen molar-refractivity contribution in [3.8, 4) is 0 Å². The molecule has 0 saturated heterocycles. The third-order valence-corrected chi connectivity index (χ3v) is 3.78. The number of carbonyl (C=O) groups excluding carboxylic acids is 1. The Morgan fingerprint density at radius 1 is 1.10 bits per heavy atom. The van der Waals surface area contributed by atoms with Gasteiger partial charge < -0.3 is 10.4 Å². The summed E-state index contributed by atoms with van der Waals surface area (Å²) in [4.78, 5) is 23.6. The molecule has 0 aliphatic heterocycles. The van der Waals surface area contributed by atoms with E-state index in [1.165, 1.54) is 6.07 Å². The lowest BCUT2D eigenvalue weighted by atomic mass is 10.0. The van der Waals surface area contributed by atoms with E-state index in [4.69, 9.17) is 0 Å². The standard InChI is InChI=1S/C16H14BrNO3/c1-9-6-7-10(2)12(8-9)15(19)18-14-11(16(20)21)4-3-5-13(14)17/h3-8H,1-2H3,(H,18,19)(H,20,21). The van der Waals surface area contributed by atoms with Gasteiger partial charge >= 0.3 is 5.97 Å². The number of rotatable bonds is 3. The maximum absolute atomic E-state index is 12.4. The van der Waals surface area contributed by atoms with Crippen molar-refractivity contribution < 1.29 is 14.7 Å². The average Bonchev–Trinajstić information content (AvgIpc) is 2.43. The first kappa shape index (κ1) is 15.3. The van der Waals surface area contributed by atoms with Gasteiger partial charge in [-0.05, 0) is 53.5 Å². The zero-order valence-corrected chi connectivity index (χ0v) is 13.2. The highest BCUT2D eigenvalue weighted by Gasteiger charge is 2.17. The number of para-hydroxylation sites is 1. The van der Waals surface area contributed by atoms with Crippen LogP contribution in [0.4, 0.5) is 5.69 Å². The first-order chi connectivity index (χ1) is 9.90. The number of hydrogen-bond donors (Lipinski definition) is 2. The fourth-order valence-corrected chi connectivity index (χ4v) is 2.46. The van der Waals surface area contributed by atoms with E-state index in [0.29, 0.717) is 10.0 Å². The van der Waals surface area contributed by atoms with Gasteiger partial charge in [0.2, 0.25) is 0 Å². The zero-order chi connectivity index (χ0) is 15.6. The predicted molar refractivity (Wildman–Crippen MR) is 85.0 cm³/mol. The minimum absolute atomic E-state index is 0.0445. The molecule has 0 aromatic heterocycles. The van der Waals surface area contributed by atoms with Crippen LogP contribution in [0.1, 0.15) is 31.8 Å². The zero-order valence-electron chi connectivity index (χ0n) is 11.6. The monoisotopic (exact) mass is 347 g/mol. The van der Waals surface area contributed by atoms with E-state index in [-0.39, 0.29) is 17.2 Å². The Bertz CT molecular complexity index is 725. The van der Waals surface area contributed by atoms with Gasteiger partial charge in [0.05, 0.1) is 11.3 Å². The molecule has 0 bridgehead atoms. The summed E-state index contributed by atoms with van der Waals surface area (Å²) in [5.74, 6) is -1.42. The van der Waals surface area contributed by atoms with Gasteiger partial charge in [0.1, 0.15) is 0 Å². The largest absolute Gasteiger partial charge is 0.478 e. The summed E-state index contributed by atoms with van der Waals surface area (Å²) in [5, 5.41) is 11.9. The Labute approximate surface area is 130 Å². The molecule has 2 aromatic carbocycles. The summed E-state index contributed by atoms with van der Waals surface area (Å²) in [7, 11) is 0. The highest BCUT2D eigenvalue weighted by atomic mass is 79.9. The molecule has 2 rings (SSSR count). The SMILES string of the molecule is Cc1ccc(C)c(C(=O)Nc2c(Br)cccc2C(=O)O)c1. The summed E-state index contributed by atoms with van der Waals surface area (Å²) in [6.45, 7) is 3.74. The first-order valence-electron chi connectivity index (χ1n) is 6.30. The predicted octanol–water partition coefficient (Wildman–Crippen LogP) is 4.02. The van der Waals surface area contributed by atoms with Gasteiger partial charge in [-0.3, -0.25) is 4.79 Å². The Morgan fingerprint density at radius 2 is 1.81 bits per heavy atom. The lowest BCUT2D eigenvalue weighted by Crippen LogP contribution is -2.16. The molecular formula is C16H14BrNO3. The second-order valence-corrected chi connectivity index (χ2v) is 5.59. The van der Waals surface area contributed by atoms with E-state index in [1.54, 1.807) is 18.2 Å². The number of aryl methyl sites for hydroxylation is 2. The van der Waals surface area contributed by atoms with Crippen LogP contribution in [-0.4, -0.2) is 17.0 Å². The minimum Gasteiger partial charge on any atom is -0.478 e. The Morgan fingerprint density at radius 3 is 2.48 bits per heavy atom. The highest BCUT2D eigenvalue weighted by Crippen LogP contribution is 2.27. The van der Waals surface area contributed by atoms with Crippen LogP contribution >= 0.6 is 15.9 Å². The number of nitrogens with one attached hydrogen (secondary N) is 1. The van der Waals surface area contributed by atoms with Crippen LogP contribution in [0.3, 0.4) is 0 Å². The van der Waals surface area contributed by atoms with E-state index >= 15 is 0 Å². The fourth-order valence-electron chi connectivity index (χ4n) is 1.99. The van der Waals surface area contributed by atoms with Gasteiger partial charge in [0.25, 0.3) is 5.91 Å². The maximum Gasteiger partial charge on any atom is 0.337 e. The van der Waals surface area contributed by atoms with Gasteiger partial charge in [-0.1, -0.05) is 23.8 Å². The van der Waals surface area contributed by atoms with Crippen molar-refractivity contribution in [1.29, 1.82) is 0 Å². The summed E-state index contributed by atoms with van der Waals surface area (Å²) in [6.07, 6.45) is 0. The lowest BCUT2D eigenvalue weighted by Gasteiger charge is -2.12. The van der Waals surface area contributed by atoms with Crippen LogP contribution in [0, 0.1) is 13.8 Å². The van der Waals surface area contributed by atoms with Crippen LogP contribution in [0.25, 0.3) is 0 Å². The Hall–Kier alpha value is -2.14. The van der Waals surface area contributed by atoms with Crippen LogP contribution in [-0.2, 0) is 0 Å². The van der Waals surface area contributed by atoms with E-state index in [2.05, 4.69) is 21.2 Å². The smallest absolute Gasteiger partial charge is 0.337 e. The third kappa shape index (κ3) is 3.31. The van der Waals surface area contributed by atoms with Crippen LogP contribution < -0.4 is 5.32 Å². The molecule has 4 nitrogen and oxygen atoms in total. The number of carboxylic acids is 1. The van der Waals surface area contributed by atoms with Crippen LogP contribution in [0.2, 0.25) is 0 Å². The second-order valence-electron chi connectivity index (χ2n) is 4.74. The molecule has 2 aromatic rings. The van der Waals surface area contributed by atoms with Crippen LogP contribution in [0.5, 0.6) is 0 Å². The molecule has 21 heavy (non-hydrogen) atoms. The quantitative estimate of drug-likeness (QED) is 0.881. The van der Waals surface area contributed by atoms with E-state index in [1.807, 2.05) is 26.0 Å². The highest BCUT2D eigenvalue weighted by molar-refractivity contribution is 9.10. The van der Waals surface area contributed by atoms with Gasteiger partial charge in [-0.15, -0.1) is 0 Å². The van der Waals surface area contributed by atoms with Gasteiger partial charge in [0, 0.05) is 10.0 Å². The van der Waals surface area contributed by atoms with E-state index < -0.39 is 5.97 Å². The molecular weight excluding hydrogens is 334 g/mol. The van der Waals surface area contributed by atoms with E-state index in [9.17, 15) is 14.7 Å². The molecule has 0 atom stereocenters. The summed E-state index contributed by atoms with van der Waals surface area (Å²) >= 11 is 3.27.